The number of hydrogen-bond donors (Lipinski definition) is 0. The fraction of sp³-hybridized carbons (Fsp3) is 0.706. The first kappa shape index (κ1) is 16.1. The Morgan fingerprint density at radius 2 is 2.00 bits per heavy atom. The molecule has 2 rings (SSSR count). The van der Waals surface area contributed by atoms with Crippen LogP contribution < -0.4 is 0 Å². The van der Waals surface area contributed by atoms with Crippen molar-refractivity contribution in [1.29, 1.82) is 0 Å². The molecule has 0 saturated heterocycles. The van der Waals surface area contributed by atoms with E-state index in [0.29, 0.717) is 24.4 Å². The maximum Gasteiger partial charge on any atom is 0.166 e. The summed E-state index contributed by atoms with van der Waals surface area (Å²) in [7, 11) is 0. The summed E-state index contributed by atoms with van der Waals surface area (Å²) in [6.45, 7) is 13.2. The van der Waals surface area contributed by atoms with Crippen LogP contribution in [0, 0.1) is 10.8 Å². The molecule has 4 nitrogen and oxygen atoms in total. The highest BCUT2D eigenvalue weighted by Gasteiger charge is 2.35. The van der Waals surface area contributed by atoms with Crippen LogP contribution >= 0.6 is 0 Å². The van der Waals surface area contributed by atoms with E-state index in [-0.39, 0.29) is 22.7 Å². The molecule has 0 radical (unpaired) electrons. The van der Waals surface area contributed by atoms with Crippen molar-refractivity contribution in [1.82, 2.24) is 9.97 Å². The van der Waals surface area contributed by atoms with Crippen molar-refractivity contribution >= 4 is 5.78 Å². The molecule has 4 heteroatoms. The molecule has 1 unspecified atom stereocenters. The Morgan fingerprint density at radius 1 is 1.33 bits per heavy atom. The predicted octanol–water partition coefficient (Wildman–Crippen LogP) is 3.76. The molecule has 0 spiro atoms. The van der Waals surface area contributed by atoms with Crippen LogP contribution in [0.25, 0.3) is 0 Å². The summed E-state index contributed by atoms with van der Waals surface area (Å²) in [4.78, 5) is 21.3. The van der Waals surface area contributed by atoms with Gasteiger partial charge in [0.1, 0.15) is 6.10 Å². The molecule has 0 saturated carbocycles. The molecule has 1 aliphatic carbocycles. The average molecular weight is 290 g/mol. The van der Waals surface area contributed by atoms with Gasteiger partial charge >= 0.3 is 0 Å². The summed E-state index contributed by atoms with van der Waals surface area (Å²) < 4.78 is 5.85. The second kappa shape index (κ2) is 5.48. The van der Waals surface area contributed by atoms with Gasteiger partial charge in [-0.05, 0) is 24.2 Å². The van der Waals surface area contributed by atoms with Gasteiger partial charge in [-0.15, -0.1) is 0 Å². The second-order valence-electron chi connectivity index (χ2n) is 7.73. The highest BCUT2D eigenvalue weighted by atomic mass is 16.5. The van der Waals surface area contributed by atoms with Crippen LogP contribution in [0.1, 0.15) is 75.9 Å². The molecule has 0 aromatic carbocycles. The van der Waals surface area contributed by atoms with Crippen LogP contribution in [-0.2, 0) is 11.2 Å². The molecule has 1 aromatic rings. The summed E-state index contributed by atoms with van der Waals surface area (Å²) in [6.07, 6.45) is 2.91. The molecule has 21 heavy (non-hydrogen) atoms. The van der Waals surface area contributed by atoms with Gasteiger partial charge in [0, 0.05) is 19.2 Å². The molecule has 0 bridgehead atoms. The molecule has 0 fully saturated rings. The number of nitrogens with zero attached hydrogens (tertiary/aromatic N) is 2. The molecule has 1 aromatic heterocycles. The molecule has 1 heterocycles. The predicted molar refractivity (Wildman–Crippen MR) is 82.3 cm³/mol. The van der Waals surface area contributed by atoms with Crippen molar-refractivity contribution in [2.75, 3.05) is 6.61 Å². The van der Waals surface area contributed by atoms with E-state index in [9.17, 15) is 4.79 Å². The van der Waals surface area contributed by atoms with E-state index >= 15 is 0 Å². The number of fused-ring (bicyclic) bond motifs is 1. The summed E-state index contributed by atoms with van der Waals surface area (Å²) in [5.41, 5.74) is 1.44. The van der Waals surface area contributed by atoms with Crippen LogP contribution in [0.15, 0.2) is 6.20 Å². The maximum absolute atomic E-state index is 12.2. The minimum atomic E-state index is -0.159. The molecule has 1 aliphatic rings. The lowest BCUT2D eigenvalue weighted by Gasteiger charge is -2.32. The van der Waals surface area contributed by atoms with E-state index in [1.54, 1.807) is 6.20 Å². The normalized spacial score (nSPS) is 19.2. The van der Waals surface area contributed by atoms with E-state index in [0.717, 1.165) is 12.1 Å². The largest absolute Gasteiger partial charge is 0.370 e. The van der Waals surface area contributed by atoms with Crippen LogP contribution in [0.5, 0.6) is 0 Å². The Morgan fingerprint density at radius 3 is 2.57 bits per heavy atom. The van der Waals surface area contributed by atoms with Gasteiger partial charge in [0.15, 0.2) is 11.6 Å². The average Bonchev–Trinajstić information content (AvgIpc) is 2.32. The molecular formula is C17H26N2O2. The summed E-state index contributed by atoms with van der Waals surface area (Å²) in [5.74, 6) is 0.838. The lowest BCUT2D eigenvalue weighted by molar-refractivity contribution is -0.0193. The summed E-state index contributed by atoms with van der Waals surface area (Å²) in [5, 5.41) is 0. The van der Waals surface area contributed by atoms with Crippen molar-refractivity contribution in [3.05, 3.63) is 23.3 Å². The number of carbonyl (C=O) groups is 1. The maximum atomic E-state index is 12.2. The van der Waals surface area contributed by atoms with Gasteiger partial charge in [-0.2, -0.15) is 0 Å². The van der Waals surface area contributed by atoms with Crippen molar-refractivity contribution in [3.8, 4) is 0 Å². The quantitative estimate of drug-likeness (QED) is 0.850. The Balaban J connectivity index is 2.42. The van der Waals surface area contributed by atoms with E-state index < -0.39 is 0 Å². The lowest BCUT2D eigenvalue weighted by atomic mass is 9.76. The van der Waals surface area contributed by atoms with Gasteiger partial charge in [-0.1, -0.05) is 34.6 Å². The molecule has 116 valence electrons. The number of aromatic nitrogens is 2. The van der Waals surface area contributed by atoms with Crippen molar-refractivity contribution in [2.24, 2.45) is 10.8 Å². The third-order valence-corrected chi connectivity index (χ3v) is 3.83. The highest BCUT2D eigenvalue weighted by molar-refractivity contribution is 5.98. The van der Waals surface area contributed by atoms with Crippen LogP contribution in [0.4, 0.5) is 0 Å². The fourth-order valence-electron chi connectivity index (χ4n) is 2.85. The third-order valence-electron chi connectivity index (χ3n) is 3.83. The Labute approximate surface area is 127 Å². The Kier molecular flexibility index (Phi) is 4.20. The summed E-state index contributed by atoms with van der Waals surface area (Å²) >= 11 is 0. The first-order valence-corrected chi connectivity index (χ1v) is 7.64. The van der Waals surface area contributed by atoms with Gasteiger partial charge in [-0.25, -0.2) is 9.97 Å². The zero-order chi connectivity index (χ0) is 15.8. The molecule has 0 aliphatic heterocycles. The smallest absolute Gasteiger partial charge is 0.166 e. The topological polar surface area (TPSA) is 52.1 Å². The first-order chi connectivity index (χ1) is 9.64. The fourth-order valence-corrected chi connectivity index (χ4v) is 2.85. The monoisotopic (exact) mass is 290 g/mol. The van der Waals surface area contributed by atoms with Gasteiger partial charge in [-0.3, -0.25) is 4.79 Å². The number of hydrogen-bond acceptors (Lipinski definition) is 4. The minimum Gasteiger partial charge on any atom is -0.370 e. The van der Waals surface area contributed by atoms with Crippen molar-refractivity contribution < 1.29 is 9.53 Å². The molecule has 0 N–H and O–H groups in total. The Hall–Kier alpha value is -1.29. The van der Waals surface area contributed by atoms with Crippen molar-refractivity contribution in [3.63, 3.8) is 0 Å². The van der Waals surface area contributed by atoms with Crippen LogP contribution in [0.3, 0.4) is 0 Å². The first-order valence-electron chi connectivity index (χ1n) is 7.64. The molecule has 0 amide bonds. The minimum absolute atomic E-state index is 0.0292. The highest BCUT2D eigenvalue weighted by Crippen LogP contribution is 2.37. The van der Waals surface area contributed by atoms with Gasteiger partial charge < -0.3 is 4.74 Å². The lowest BCUT2D eigenvalue weighted by Crippen LogP contribution is -2.30. The zero-order valence-electron chi connectivity index (χ0n) is 14.0. The van der Waals surface area contributed by atoms with Crippen LogP contribution in [0.2, 0.25) is 0 Å². The number of ether oxygens (including phenoxy) is 1. The Bertz CT molecular complexity index is 544. The van der Waals surface area contributed by atoms with E-state index in [1.807, 2.05) is 6.92 Å². The third kappa shape index (κ3) is 3.49. The van der Waals surface area contributed by atoms with Gasteiger partial charge in [0.25, 0.3) is 0 Å². The molecular weight excluding hydrogens is 264 g/mol. The number of carbonyl (C=O) groups excluding carboxylic acids is 1. The SMILES string of the molecule is CCOC(c1ncc2c(n1)CC(C)(C)CC2=O)C(C)(C)C. The van der Waals surface area contributed by atoms with E-state index in [4.69, 9.17) is 4.74 Å². The zero-order valence-corrected chi connectivity index (χ0v) is 14.0. The van der Waals surface area contributed by atoms with E-state index in [2.05, 4.69) is 44.6 Å². The standard InChI is InChI=1S/C17H26N2O2/c1-7-21-14(16(2,3)4)15-18-10-11-12(19-15)8-17(5,6)9-13(11)20/h10,14H,7-9H2,1-6H3. The molecule has 1 atom stereocenters. The second-order valence-corrected chi connectivity index (χ2v) is 7.73. The van der Waals surface area contributed by atoms with Gasteiger partial charge in [0.2, 0.25) is 0 Å². The van der Waals surface area contributed by atoms with Crippen LogP contribution in [-0.4, -0.2) is 22.4 Å². The van der Waals surface area contributed by atoms with Gasteiger partial charge in [0.05, 0.1) is 11.3 Å². The van der Waals surface area contributed by atoms with E-state index in [1.165, 1.54) is 0 Å². The van der Waals surface area contributed by atoms with Crippen molar-refractivity contribution in [2.45, 2.75) is 60.5 Å². The number of ketones is 1. The number of rotatable bonds is 3. The summed E-state index contributed by atoms with van der Waals surface area (Å²) in [6, 6.07) is 0. The number of Topliss-reactive ketones (excluding diaryl/α,β-unsaturated/α-hetero) is 1.